The molecule has 2 rings (SSSR count). The van der Waals surface area contributed by atoms with E-state index in [1.54, 1.807) is 6.07 Å². The van der Waals surface area contributed by atoms with Crippen LogP contribution >= 0.6 is 23.7 Å². The molecule has 0 radical (unpaired) electrons. The van der Waals surface area contributed by atoms with Crippen LogP contribution < -0.4 is 5.73 Å². The quantitative estimate of drug-likeness (QED) is 0.880. The van der Waals surface area contributed by atoms with Gasteiger partial charge in [0.1, 0.15) is 11.6 Å². The molecule has 0 aliphatic carbocycles. The van der Waals surface area contributed by atoms with Crippen LogP contribution in [0, 0.1) is 11.6 Å². The first-order chi connectivity index (χ1) is 7.18. The van der Waals surface area contributed by atoms with Gasteiger partial charge in [0, 0.05) is 5.56 Å². The molecule has 5 heteroatoms. The maximum Gasteiger partial charge on any atom is 0.128 e. The Hall–Kier alpha value is -0.970. The van der Waals surface area contributed by atoms with Crippen molar-refractivity contribution in [1.82, 2.24) is 0 Å². The second kappa shape index (κ2) is 5.39. The van der Waals surface area contributed by atoms with Gasteiger partial charge in [-0.25, -0.2) is 8.78 Å². The Balaban J connectivity index is 0.00000128. The molecule has 0 spiro atoms. The number of rotatable bonds is 2. The summed E-state index contributed by atoms with van der Waals surface area (Å²) < 4.78 is 26.3. The molecule has 1 aromatic carbocycles. The maximum absolute atomic E-state index is 13.4. The molecule has 0 fully saturated rings. The Morgan fingerprint density at radius 3 is 2.56 bits per heavy atom. The summed E-state index contributed by atoms with van der Waals surface area (Å²) in [6.45, 7) is 0. The molecular formula is C11H10ClF2NS. The van der Waals surface area contributed by atoms with Crippen LogP contribution in [0.5, 0.6) is 0 Å². The van der Waals surface area contributed by atoms with Gasteiger partial charge in [-0.3, -0.25) is 0 Å². The van der Waals surface area contributed by atoms with Gasteiger partial charge in [0.25, 0.3) is 0 Å². The van der Waals surface area contributed by atoms with E-state index >= 15 is 0 Å². The number of nitrogens with two attached hydrogens (primary N) is 1. The van der Waals surface area contributed by atoms with Gasteiger partial charge in [-0.05, 0) is 40.6 Å². The van der Waals surface area contributed by atoms with E-state index in [1.165, 1.54) is 11.3 Å². The van der Waals surface area contributed by atoms with E-state index in [0.29, 0.717) is 0 Å². The minimum absolute atomic E-state index is 0. The minimum atomic E-state index is -0.605. The lowest BCUT2D eigenvalue weighted by molar-refractivity contribution is 0.577. The lowest BCUT2D eigenvalue weighted by Crippen LogP contribution is -2.13. The third-order valence-corrected chi connectivity index (χ3v) is 2.90. The summed E-state index contributed by atoms with van der Waals surface area (Å²) in [6, 6.07) is 4.51. The number of thiophene rings is 1. The molecule has 0 saturated carbocycles. The summed E-state index contributed by atoms with van der Waals surface area (Å²) in [7, 11) is 0. The van der Waals surface area contributed by atoms with Gasteiger partial charge in [0.2, 0.25) is 0 Å². The minimum Gasteiger partial charge on any atom is -0.320 e. The summed E-state index contributed by atoms with van der Waals surface area (Å²) in [4.78, 5) is 0. The summed E-state index contributed by atoms with van der Waals surface area (Å²) in [5.41, 5.74) is 6.81. The SMILES string of the molecule is Cl.N[C@H](c1ccsc1)c1cc(F)ccc1F. The summed E-state index contributed by atoms with van der Waals surface area (Å²) in [5, 5.41) is 3.68. The third kappa shape index (κ3) is 2.58. The highest BCUT2D eigenvalue weighted by Crippen LogP contribution is 2.24. The van der Waals surface area contributed by atoms with E-state index in [-0.39, 0.29) is 18.0 Å². The molecule has 0 saturated heterocycles. The predicted octanol–water partition coefficient (Wildman–Crippen LogP) is 3.50. The fraction of sp³-hybridized carbons (Fsp3) is 0.0909. The van der Waals surface area contributed by atoms with Crippen LogP contribution in [-0.4, -0.2) is 0 Å². The highest BCUT2D eigenvalue weighted by atomic mass is 35.5. The largest absolute Gasteiger partial charge is 0.320 e. The molecule has 0 aliphatic heterocycles. The maximum atomic E-state index is 13.4. The van der Waals surface area contributed by atoms with Gasteiger partial charge in [-0.2, -0.15) is 11.3 Å². The molecule has 0 amide bonds. The Morgan fingerprint density at radius 1 is 1.19 bits per heavy atom. The van der Waals surface area contributed by atoms with Crippen LogP contribution in [0.3, 0.4) is 0 Å². The Morgan fingerprint density at radius 2 is 1.94 bits per heavy atom. The molecule has 86 valence electrons. The smallest absolute Gasteiger partial charge is 0.128 e. The lowest BCUT2D eigenvalue weighted by atomic mass is 10.0. The molecular weight excluding hydrogens is 252 g/mol. The molecule has 1 heterocycles. The Labute approximate surface area is 102 Å². The van der Waals surface area contributed by atoms with Crippen LogP contribution in [-0.2, 0) is 0 Å². The second-order valence-electron chi connectivity index (χ2n) is 3.20. The second-order valence-corrected chi connectivity index (χ2v) is 3.98. The van der Waals surface area contributed by atoms with Crippen LogP contribution in [0.15, 0.2) is 35.0 Å². The van der Waals surface area contributed by atoms with Crippen LogP contribution in [0.25, 0.3) is 0 Å². The first-order valence-electron chi connectivity index (χ1n) is 4.41. The van der Waals surface area contributed by atoms with Crippen molar-refractivity contribution in [2.24, 2.45) is 5.73 Å². The zero-order chi connectivity index (χ0) is 10.8. The summed E-state index contributed by atoms with van der Waals surface area (Å²) >= 11 is 1.48. The van der Waals surface area contributed by atoms with Gasteiger partial charge >= 0.3 is 0 Å². The predicted molar refractivity (Wildman–Crippen MR) is 64.0 cm³/mol. The Bertz CT molecular complexity index is 459. The van der Waals surface area contributed by atoms with Crippen LogP contribution in [0.2, 0.25) is 0 Å². The van der Waals surface area contributed by atoms with E-state index in [9.17, 15) is 8.78 Å². The average Bonchev–Trinajstić information content (AvgIpc) is 2.74. The van der Waals surface area contributed by atoms with Crippen LogP contribution in [0.1, 0.15) is 17.2 Å². The first-order valence-corrected chi connectivity index (χ1v) is 5.35. The molecule has 1 nitrogen and oxygen atoms in total. The molecule has 16 heavy (non-hydrogen) atoms. The highest BCUT2D eigenvalue weighted by molar-refractivity contribution is 7.08. The van der Waals surface area contributed by atoms with Crippen LogP contribution in [0.4, 0.5) is 8.78 Å². The van der Waals surface area contributed by atoms with E-state index in [4.69, 9.17) is 5.73 Å². The molecule has 0 bridgehead atoms. The normalized spacial score (nSPS) is 11.9. The van der Waals surface area contributed by atoms with Gasteiger partial charge in [-0.1, -0.05) is 0 Å². The molecule has 1 aromatic heterocycles. The van der Waals surface area contributed by atoms with Crippen molar-refractivity contribution in [3.8, 4) is 0 Å². The number of benzene rings is 1. The van der Waals surface area contributed by atoms with E-state index in [0.717, 1.165) is 23.8 Å². The Kier molecular flexibility index (Phi) is 4.41. The fourth-order valence-corrected chi connectivity index (χ4v) is 2.08. The van der Waals surface area contributed by atoms with Crippen molar-refractivity contribution < 1.29 is 8.78 Å². The van der Waals surface area contributed by atoms with Crippen molar-refractivity contribution in [2.45, 2.75) is 6.04 Å². The molecule has 0 unspecified atom stereocenters. The molecule has 1 atom stereocenters. The zero-order valence-corrected chi connectivity index (χ0v) is 9.82. The van der Waals surface area contributed by atoms with Crippen molar-refractivity contribution in [2.75, 3.05) is 0 Å². The van der Waals surface area contributed by atoms with Gasteiger partial charge < -0.3 is 5.73 Å². The van der Waals surface area contributed by atoms with E-state index in [2.05, 4.69) is 0 Å². The van der Waals surface area contributed by atoms with E-state index < -0.39 is 17.7 Å². The molecule has 2 aromatic rings. The summed E-state index contributed by atoms with van der Waals surface area (Å²) in [6.07, 6.45) is 0. The zero-order valence-electron chi connectivity index (χ0n) is 8.19. The fourth-order valence-electron chi connectivity index (χ4n) is 1.38. The van der Waals surface area contributed by atoms with Crippen molar-refractivity contribution in [3.63, 3.8) is 0 Å². The van der Waals surface area contributed by atoms with Gasteiger partial charge in [0.15, 0.2) is 0 Å². The van der Waals surface area contributed by atoms with Crippen molar-refractivity contribution in [3.05, 3.63) is 57.8 Å². The van der Waals surface area contributed by atoms with E-state index in [1.807, 2.05) is 10.8 Å². The average molecular weight is 262 g/mol. The lowest BCUT2D eigenvalue weighted by Gasteiger charge is -2.11. The first kappa shape index (κ1) is 13.1. The topological polar surface area (TPSA) is 26.0 Å². The summed E-state index contributed by atoms with van der Waals surface area (Å²) in [5.74, 6) is -0.952. The molecule has 0 aliphatic rings. The van der Waals surface area contributed by atoms with Crippen molar-refractivity contribution in [1.29, 1.82) is 0 Å². The number of hydrogen-bond donors (Lipinski definition) is 1. The van der Waals surface area contributed by atoms with Gasteiger partial charge in [0.05, 0.1) is 6.04 Å². The number of hydrogen-bond acceptors (Lipinski definition) is 2. The standard InChI is InChI=1S/C11H9F2NS.ClH/c12-8-1-2-10(13)9(5-8)11(14)7-3-4-15-6-7;/h1-6,11H,14H2;1H/t11-;/m1./s1. The highest BCUT2D eigenvalue weighted by Gasteiger charge is 2.14. The van der Waals surface area contributed by atoms with Gasteiger partial charge in [-0.15, -0.1) is 12.4 Å². The monoisotopic (exact) mass is 261 g/mol. The molecule has 2 N–H and O–H groups in total. The third-order valence-electron chi connectivity index (χ3n) is 2.20. The van der Waals surface area contributed by atoms with Crippen molar-refractivity contribution >= 4 is 23.7 Å². The number of halogens is 3.